The van der Waals surface area contributed by atoms with Crippen molar-refractivity contribution in [2.24, 2.45) is 7.05 Å². The second kappa shape index (κ2) is 5.92. The van der Waals surface area contributed by atoms with Gasteiger partial charge in [0, 0.05) is 19.3 Å². The van der Waals surface area contributed by atoms with Gasteiger partial charge in [0.25, 0.3) is 5.91 Å². The van der Waals surface area contributed by atoms with Gasteiger partial charge in [-0.25, -0.2) is 0 Å². The molecule has 0 saturated heterocycles. The standard InChI is InChI=1S/C14H20N4O2/c1-10-11(8-16-18(10)4)14(19)15-9-12(17(2)3)13-6-5-7-20-13/h5-8,12H,9H2,1-4H3,(H,15,19)/t12-/m1/s1. The largest absolute Gasteiger partial charge is 0.468 e. The highest BCUT2D eigenvalue weighted by atomic mass is 16.3. The number of likely N-dealkylation sites (N-methyl/N-ethyl adjacent to an activating group) is 1. The van der Waals surface area contributed by atoms with Crippen LogP contribution in [0.2, 0.25) is 0 Å². The number of hydrogen-bond donors (Lipinski definition) is 1. The number of nitrogens with zero attached hydrogens (tertiary/aromatic N) is 3. The normalized spacial score (nSPS) is 12.7. The predicted octanol–water partition coefficient (Wildman–Crippen LogP) is 1.35. The summed E-state index contributed by atoms with van der Waals surface area (Å²) in [6.07, 6.45) is 3.22. The molecule has 2 aromatic rings. The maximum atomic E-state index is 12.2. The second-order valence-electron chi connectivity index (χ2n) is 4.97. The first kappa shape index (κ1) is 14.3. The molecule has 0 radical (unpaired) electrons. The Morgan fingerprint density at radius 1 is 1.55 bits per heavy atom. The lowest BCUT2D eigenvalue weighted by Crippen LogP contribution is -2.34. The summed E-state index contributed by atoms with van der Waals surface area (Å²) >= 11 is 0. The molecule has 0 bridgehead atoms. The van der Waals surface area contributed by atoms with Gasteiger partial charge in [0.2, 0.25) is 0 Å². The van der Waals surface area contributed by atoms with E-state index in [0.29, 0.717) is 12.1 Å². The van der Waals surface area contributed by atoms with E-state index in [4.69, 9.17) is 4.42 Å². The first-order valence-electron chi connectivity index (χ1n) is 6.47. The molecule has 0 aliphatic heterocycles. The van der Waals surface area contributed by atoms with E-state index in [0.717, 1.165) is 11.5 Å². The van der Waals surface area contributed by atoms with Crippen LogP contribution in [0.5, 0.6) is 0 Å². The smallest absolute Gasteiger partial charge is 0.254 e. The molecule has 0 fully saturated rings. The average molecular weight is 276 g/mol. The third-order valence-electron chi connectivity index (χ3n) is 3.43. The maximum absolute atomic E-state index is 12.2. The lowest BCUT2D eigenvalue weighted by atomic mass is 10.2. The number of hydrogen-bond acceptors (Lipinski definition) is 4. The van der Waals surface area contributed by atoms with Gasteiger partial charge in [-0.05, 0) is 33.2 Å². The van der Waals surface area contributed by atoms with E-state index in [2.05, 4.69) is 10.4 Å². The van der Waals surface area contributed by atoms with E-state index in [1.165, 1.54) is 0 Å². The van der Waals surface area contributed by atoms with E-state index in [1.807, 2.05) is 45.1 Å². The van der Waals surface area contributed by atoms with Gasteiger partial charge in [-0.1, -0.05) is 0 Å². The van der Waals surface area contributed by atoms with E-state index in [-0.39, 0.29) is 11.9 Å². The fourth-order valence-corrected chi connectivity index (χ4v) is 2.02. The minimum atomic E-state index is -0.117. The Morgan fingerprint density at radius 2 is 2.30 bits per heavy atom. The molecule has 1 atom stereocenters. The van der Waals surface area contributed by atoms with Gasteiger partial charge >= 0.3 is 0 Å². The number of aryl methyl sites for hydroxylation is 1. The van der Waals surface area contributed by atoms with Crippen LogP contribution in [0.25, 0.3) is 0 Å². The summed E-state index contributed by atoms with van der Waals surface area (Å²) in [5, 5.41) is 7.01. The van der Waals surface area contributed by atoms with Crippen molar-refractivity contribution in [2.45, 2.75) is 13.0 Å². The van der Waals surface area contributed by atoms with E-state index in [9.17, 15) is 4.79 Å². The van der Waals surface area contributed by atoms with Crippen molar-refractivity contribution in [1.82, 2.24) is 20.0 Å². The molecule has 1 N–H and O–H groups in total. The summed E-state index contributed by atoms with van der Waals surface area (Å²) in [5.41, 5.74) is 1.45. The van der Waals surface area contributed by atoms with Gasteiger partial charge in [0.1, 0.15) is 5.76 Å². The van der Waals surface area contributed by atoms with E-state index >= 15 is 0 Å². The Labute approximate surface area is 118 Å². The van der Waals surface area contributed by atoms with Crippen molar-refractivity contribution < 1.29 is 9.21 Å². The summed E-state index contributed by atoms with van der Waals surface area (Å²) in [6.45, 7) is 2.35. The molecule has 0 aromatic carbocycles. The topological polar surface area (TPSA) is 63.3 Å². The quantitative estimate of drug-likeness (QED) is 0.895. The van der Waals surface area contributed by atoms with Gasteiger partial charge in [-0.15, -0.1) is 0 Å². The highest BCUT2D eigenvalue weighted by Gasteiger charge is 2.19. The minimum absolute atomic E-state index is 0.00549. The first-order valence-corrected chi connectivity index (χ1v) is 6.47. The molecule has 108 valence electrons. The van der Waals surface area contributed by atoms with E-state index in [1.54, 1.807) is 17.1 Å². The Morgan fingerprint density at radius 3 is 2.80 bits per heavy atom. The van der Waals surface area contributed by atoms with Gasteiger partial charge in [0.05, 0.1) is 24.1 Å². The van der Waals surface area contributed by atoms with Crippen LogP contribution in [-0.2, 0) is 7.05 Å². The third-order valence-corrected chi connectivity index (χ3v) is 3.43. The molecule has 2 rings (SSSR count). The lowest BCUT2D eigenvalue weighted by Gasteiger charge is -2.22. The van der Waals surface area contributed by atoms with Crippen molar-refractivity contribution in [2.75, 3.05) is 20.6 Å². The zero-order valence-corrected chi connectivity index (χ0v) is 12.3. The zero-order valence-electron chi connectivity index (χ0n) is 12.3. The van der Waals surface area contributed by atoms with Crippen LogP contribution in [-0.4, -0.2) is 41.2 Å². The Bertz CT molecular complexity index is 572. The molecule has 2 heterocycles. The molecule has 6 nitrogen and oxygen atoms in total. The fourth-order valence-electron chi connectivity index (χ4n) is 2.02. The molecule has 0 unspecified atom stereocenters. The van der Waals surface area contributed by atoms with E-state index < -0.39 is 0 Å². The Kier molecular flexibility index (Phi) is 4.24. The van der Waals surface area contributed by atoms with Crippen molar-refractivity contribution >= 4 is 5.91 Å². The van der Waals surface area contributed by atoms with Crippen LogP contribution in [0, 0.1) is 6.92 Å². The summed E-state index contributed by atoms with van der Waals surface area (Å²) in [4.78, 5) is 14.2. The number of rotatable bonds is 5. The number of amides is 1. The SMILES string of the molecule is Cc1c(C(=O)NC[C@H](c2ccco2)N(C)C)cnn1C. The third kappa shape index (κ3) is 2.91. The highest BCUT2D eigenvalue weighted by molar-refractivity contribution is 5.95. The molecule has 6 heteroatoms. The summed E-state index contributed by atoms with van der Waals surface area (Å²) in [5.74, 6) is 0.715. The fraction of sp³-hybridized carbons (Fsp3) is 0.429. The van der Waals surface area contributed by atoms with Gasteiger partial charge in [-0.3, -0.25) is 14.4 Å². The molecule has 0 spiro atoms. The summed E-state index contributed by atoms with van der Waals surface area (Å²) in [7, 11) is 5.72. The molecule has 2 aromatic heterocycles. The molecule has 0 aliphatic rings. The van der Waals surface area contributed by atoms with Crippen LogP contribution in [0.4, 0.5) is 0 Å². The number of carbonyl (C=O) groups is 1. The average Bonchev–Trinajstić information content (AvgIpc) is 3.01. The molecule has 0 saturated carbocycles. The number of carbonyl (C=O) groups excluding carboxylic acids is 1. The molecular weight excluding hydrogens is 256 g/mol. The first-order chi connectivity index (χ1) is 9.50. The van der Waals surface area contributed by atoms with Crippen molar-refractivity contribution in [3.8, 4) is 0 Å². The van der Waals surface area contributed by atoms with Crippen LogP contribution in [0.15, 0.2) is 29.0 Å². The highest BCUT2D eigenvalue weighted by Crippen LogP contribution is 2.17. The van der Waals surface area contributed by atoms with Gasteiger partial charge in [0.15, 0.2) is 0 Å². The van der Waals surface area contributed by atoms with Crippen molar-refractivity contribution in [1.29, 1.82) is 0 Å². The maximum Gasteiger partial charge on any atom is 0.254 e. The lowest BCUT2D eigenvalue weighted by molar-refractivity contribution is 0.0938. The number of aromatic nitrogens is 2. The Hall–Kier alpha value is -2.08. The van der Waals surface area contributed by atoms with Crippen molar-refractivity contribution in [3.05, 3.63) is 41.6 Å². The molecule has 1 amide bonds. The number of nitrogens with one attached hydrogen (secondary N) is 1. The second-order valence-corrected chi connectivity index (χ2v) is 4.97. The minimum Gasteiger partial charge on any atom is -0.468 e. The molecule has 0 aliphatic carbocycles. The molecule has 20 heavy (non-hydrogen) atoms. The molecular formula is C14H20N4O2. The van der Waals surface area contributed by atoms with Crippen LogP contribution in [0.3, 0.4) is 0 Å². The predicted molar refractivity (Wildman–Crippen MR) is 75.4 cm³/mol. The van der Waals surface area contributed by atoms with Crippen LogP contribution in [0.1, 0.15) is 27.9 Å². The van der Waals surface area contributed by atoms with Gasteiger partial charge < -0.3 is 9.73 Å². The van der Waals surface area contributed by atoms with Gasteiger partial charge in [-0.2, -0.15) is 5.10 Å². The summed E-state index contributed by atoms with van der Waals surface area (Å²) in [6, 6.07) is 3.76. The zero-order chi connectivity index (χ0) is 14.7. The van der Waals surface area contributed by atoms with Crippen LogP contribution < -0.4 is 5.32 Å². The van der Waals surface area contributed by atoms with Crippen molar-refractivity contribution in [3.63, 3.8) is 0 Å². The number of furan rings is 1. The Balaban J connectivity index is 2.03. The summed E-state index contributed by atoms with van der Waals surface area (Å²) < 4.78 is 7.10. The van der Waals surface area contributed by atoms with Crippen LogP contribution >= 0.6 is 0 Å². The monoisotopic (exact) mass is 276 g/mol.